The number of fused-ring (bicyclic) bond motifs is 1. The molecule has 1 aromatic rings. The average Bonchev–Trinajstić information content (AvgIpc) is 2.49. The Balaban J connectivity index is 2.43. The first-order valence-electron chi connectivity index (χ1n) is 4.34. The normalized spacial score (nSPS) is 16.1. The third-order valence-corrected chi connectivity index (χ3v) is 2.14. The van der Waals surface area contributed by atoms with E-state index < -0.39 is 0 Å². The van der Waals surface area contributed by atoms with Gasteiger partial charge in [0.2, 0.25) is 0 Å². The third kappa shape index (κ3) is 1.05. The topological polar surface area (TPSA) is 30.2 Å². The van der Waals surface area contributed by atoms with E-state index in [1.54, 1.807) is 0 Å². The molecule has 2 heterocycles. The largest absolute Gasteiger partial charge is 0.328 e. The Hall–Kier alpha value is -1.12. The lowest BCUT2D eigenvalue weighted by molar-refractivity contribution is 0.669. The molecule has 3 heteroatoms. The van der Waals surface area contributed by atoms with Crippen molar-refractivity contribution in [2.75, 3.05) is 6.54 Å². The Morgan fingerprint density at radius 2 is 2.33 bits per heavy atom. The van der Waals surface area contributed by atoms with Crippen LogP contribution < -0.4 is 0 Å². The van der Waals surface area contributed by atoms with Crippen LogP contribution in [0, 0.1) is 5.92 Å². The quantitative estimate of drug-likeness (QED) is 0.614. The molecule has 0 aromatic carbocycles. The summed E-state index contributed by atoms with van der Waals surface area (Å²) in [6.45, 7) is 6.21. The molecule has 0 unspecified atom stereocenters. The molecule has 1 aromatic heterocycles. The van der Waals surface area contributed by atoms with Crippen molar-refractivity contribution in [1.29, 1.82) is 0 Å². The first-order valence-corrected chi connectivity index (χ1v) is 4.34. The molecular weight excluding hydrogens is 150 g/mol. The van der Waals surface area contributed by atoms with Gasteiger partial charge >= 0.3 is 0 Å². The van der Waals surface area contributed by atoms with Gasteiger partial charge in [0.15, 0.2) is 0 Å². The molecule has 1 aliphatic rings. The zero-order valence-corrected chi connectivity index (χ0v) is 7.49. The molecule has 2 rings (SSSR count). The summed E-state index contributed by atoms with van der Waals surface area (Å²) in [6.07, 6.45) is 3.78. The summed E-state index contributed by atoms with van der Waals surface area (Å²) in [6, 6.07) is 0. The third-order valence-electron chi connectivity index (χ3n) is 2.14. The molecule has 3 nitrogen and oxygen atoms in total. The second-order valence-corrected chi connectivity index (χ2v) is 3.39. The Labute approximate surface area is 72.1 Å². The first-order chi connectivity index (χ1) is 5.79. The van der Waals surface area contributed by atoms with Crippen LogP contribution in [0.5, 0.6) is 0 Å². The van der Waals surface area contributed by atoms with E-state index in [0.717, 1.165) is 13.1 Å². The van der Waals surface area contributed by atoms with Gasteiger partial charge in [-0.25, -0.2) is 4.98 Å². The van der Waals surface area contributed by atoms with E-state index in [-0.39, 0.29) is 0 Å². The molecule has 0 N–H and O–H groups in total. The van der Waals surface area contributed by atoms with Crippen LogP contribution in [0.3, 0.4) is 0 Å². The fourth-order valence-corrected chi connectivity index (χ4v) is 1.55. The average molecular weight is 163 g/mol. The molecule has 0 radical (unpaired) electrons. The fourth-order valence-electron chi connectivity index (χ4n) is 1.55. The van der Waals surface area contributed by atoms with E-state index >= 15 is 0 Å². The Morgan fingerprint density at radius 3 is 3.08 bits per heavy atom. The van der Waals surface area contributed by atoms with Crippen molar-refractivity contribution in [1.82, 2.24) is 9.55 Å². The van der Waals surface area contributed by atoms with Crippen LogP contribution >= 0.6 is 0 Å². The summed E-state index contributed by atoms with van der Waals surface area (Å²) >= 11 is 0. The van der Waals surface area contributed by atoms with E-state index in [9.17, 15) is 0 Å². The number of imidazole rings is 1. The van der Waals surface area contributed by atoms with Gasteiger partial charge in [0.1, 0.15) is 0 Å². The molecule has 1 aliphatic heterocycles. The number of nitrogens with zero attached hydrogens (tertiary/aromatic N) is 3. The number of aliphatic imine (C=N–C) groups is 1. The molecule has 0 saturated heterocycles. The van der Waals surface area contributed by atoms with Gasteiger partial charge in [0, 0.05) is 6.54 Å². The Kier molecular flexibility index (Phi) is 1.71. The van der Waals surface area contributed by atoms with Crippen LogP contribution in [0.2, 0.25) is 0 Å². The van der Waals surface area contributed by atoms with Crippen molar-refractivity contribution in [3.05, 3.63) is 18.2 Å². The van der Waals surface area contributed by atoms with Gasteiger partial charge in [0.05, 0.1) is 30.5 Å². The zero-order chi connectivity index (χ0) is 8.55. The summed E-state index contributed by atoms with van der Waals surface area (Å²) in [4.78, 5) is 8.62. The number of rotatable bonds is 1. The van der Waals surface area contributed by atoms with Crippen LogP contribution in [0.4, 0.5) is 0 Å². The van der Waals surface area contributed by atoms with Gasteiger partial charge in [-0.2, -0.15) is 0 Å². The monoisotopic (exact) mass is 163 g/mol. The zero-order valence-electron chi connectivity index (χ0n) is 7.49. The molecular formula is C9H13N3. The van der Waals surface area contributed by atoms with Gasteiger partial charge in [-0.15, -0.1) is 0 Å². The predicted molar refractivity (Wildman–Crippen MR) is 48.5 cm³/mol. The van der Waals surface area contributed by atoms with Crippen molar-refractivity contribution in [2.45, 2.75) is 20.4 Å². The summed E-state index contributed by atoms with van der Waals surface area (Å²) < 4.78 is 2.17. The van der Waals surface area contributed by atoms with E-state index in [4.69, 9.17) is 0 Å². The van der Waals surface area contributed by atoms with Crippen LogP contribution in [0.25, 0.3) is 0 Å². The van der Waals surface area contributed by atoms with Gasteiger partial charge in [-0.1, -0.05) is 13.8 Å². The van der Waals surface area contributed by atoms with Crippen LogP contribution in [-0.4, -0.2) is 21.8 Å². The molecule has 0 saturated carbocycles. The highest BCUT2D eigenvalue weighted by atomic mass is 15.1. The van der Waals surface area contributed by atoms with E-state index in [0.29, 0.717) is 5.92 Å². The maximum atomic E-state index is 4.50. The number of hydrogen-bond donors (Lipinski definition) is 0. The number of aromatic nitrogens is 2. The Morgan fingerprint density at radius 1 is 1.50 bits per heavy atom. The molecule has 12 heavy (non-hydrogen) atoms. The van der Waals surface area contributed by atoms with Crippen molar-refractivity contribution >= 4 is 5.71 Å². The fraction of sp³-hybridized carbons (Fsp3) is 0.556. The van der Waals surface area contributed by atoms with E-state index in [1.165, 1.54) is 11.4 Å². The molecule has 0 bridgehead atoms. The van der Waals surface area contributed by atoms with Crippen molar-refractivity contribution in [2.24, 2.45) is 10.9 Å². The maximum Gasteiger partial charge on any atom is 0.0951 e. The molecule has 0 fully saturated rings. The lowest BCUT2D eigenvalue weighted by Gasteiger charge is -2.17. The second-order valence-electron chi connectivity index (χ2n) is 3.39. The standard InChI is InChI=1S/C9H13N3/c1-7(2)9-8-5-10-6-12(8)4-3-11-9/h5-7H,3-4H2,1-2H3. The first kappa shape index (κ1) is 7.53. The van der Waals surface area contributed by atoms with Crippen LogP contribution in [-0.2, 0) is 6.54 Å². The molecule has 0 amide bonds. The minimum absolute atomic E-state index is 0.501. The molecule has 0 aliphatic carbocycles. The lowest BCUT2D eigenvalue weighted by Crippen LogP contribution is -2.21. The summed E-state index contributed by atoms with van der Waals surface area (Å²) in [5, 5.41) is 0. The Bertz CT molecular complexity index is 309. The summed E-state index contributed by atoms with van der Waals surface area (Å²) in [5.41, 5.74) is 2.38. The minimum atomic E-state index is 0.501. The molecule has 0 atom stereocenters. The van der Waals surface area contributed by atoms with Gasteiger partial charge < -0.3 is 4.57 Å². The highest BCUT2D eigenvalue weighted by Crippen LogP contribution is 2.13. The molecule has 64 valence electrons. The van der Waals surface area contributed by atoms with Crippen molar-refractivity contribution in [3.8, 4) is 0 Å². The highest BCUT2D eigenvalue weighted by Gasteiger charge is 2.15. The number of hydrogen-bond acceptors (Lipinski definition) is 2. The highest BCUT2D eigenvalue weighted by molar-refractivity contribution is 6.00. The molecule has 0 spiro atoms. The maximum absolute atomic E-state index is 4.50. The van der Waals surface area contributed by atoms with Crippen LogP contribution in [0.15, 0.2) is 17.5 Å². The lowest BCUT2D eigenvalue weighted by atomic mass is 10.0. The smallest absolute Gasteiger partial charge is 0.0951 e. The summed E-state index contributed by atoms with van der Waals surface area (Å²) in [5.74, 6) is 0.501. The van der Waals surface area contributed by atoms with Crippen LogP contribution in [0.1, 0.15) is 19.5 Å². The van der Waals surface area contributed by atoms with E-state index in [1.807, 2.05) is 12.5 Å². The van der Waals surface area contributed by atoms with E-state index in [2.05, 4.69) is 28.4 Å². The SMILES string of the molecule is CC(C)C1=NCCn2cncc21. The van der Waals surface area contributed by atoms with Gasteiger partial charge in [-0.3, -0.25) is 4.99 Å². The van der Waals surface area contributed by atoms with Gasteiger partial charge in [-0.05, 0) is 5.92 Å². The summed E-state index contributed by atoms with van der Waals surface area (Å²) in [7, 11) is 0. The predicted octanol–water partition coefficient (Wildman–Crippen LogP) is 1.34. The van der Waals surface area contributed by atoms with Crippen molar-refractivity contribution in [3.63, 3.8) is 0 Å². The van der Waals surface area contributed by atoms with Crippen molar-refractivity contribution < 1.29 is 0 Å². The van der Waals surface area contributed by atoms with Gasteiger partial charge in [0.25, 0.3) is 0 Å². The minimum Gasteiger partial charge on any atom is -0.328 e. The second kappa shape index (κ2) is 2.73.